The second-order valence-electron chi connectivity index (χ2n) is 4.84. The molecule has 0 aliphatic heterocycles. The highest BCUT2D eigenvalue weighted by Crippen LogP contribution is 2.35. The molecular formula is C15H17NS. The van der Waals surface area contributed by atoms with Crippen LogP contribution in [-0.2, 0) is 12.8 Å². The summed E-state index contributed by atoms with van der Waals surface area (Å²) < 4.78 is 0. The van der Waals surface area contributed by atoms with Crippen molar-refractivity contribution in [3.63, 3.8) is 0 Å². The Morgan fingerprint density at radius 3 is 3.00 bits per heavy atom. The fourth-order valence-corrected chi connectivity index (χ4v) is 3.54. The zero-order chi connectivity index (χ0) is 11.7. The van der Waals surface area contributed by atoms with Crippen LogP contribution in [-0.4, -0.2) is 6.04 Å². The van der Waals surface area contributed by atoms with Crippen LogP contribution >= 0.6 is 11.3 Å². The van der Waals surface area contributed by atoms with Gasteiger partial charge in [0.25, 0.3) is 0 Å². The van der Waals surface area contributed by atoms with Gasteiger partial charge in [-0.05, 0) is 58.7 Å². The molecule has 2 heteroatoms. The molecule has 0 fully saturated rings. The van der Waals surface area contributed by atoms with E-state index in [2.05, 4.69) is 41.1 Å². The highest BCUT2D eigenvalue weighted by Gasteiger charge is 2.27. The Kier molecular flexibility index (Phi) is 3.00. The molecule has 3 rings (SSSR count). The van der Waals surface area contributed by atoms with Crippen LogP contribution in [0.25, 0.3) is 0 Å². The summed E-state index contributed by atoms with van der Waals surface area (Å²) in [6, 6.07) is 11.2. The van der Waals surface area contributed by atoms with E-state index in [0.29, 0.717) is 5.92 Å². The minimum Gasteiger partial charge on any atom is -0.327 e. The van der Waals surface area contributed by atoms with E-state index < -0.39 is 0 Å². The number of hydrogen-bond donors (Lipinski definition) is 1. The number of thiophene rings is 1. The number of rotatable bonds is 3. The predicted molar refractivity (Wildman–Crippen MR) is 73.5 cm³/mol. The fraction of sp³-hybridized carbons (Fsp3) is 0.333. The van der Waals surface area contributed by atoms with Crippen molar-refractivity contribution in [2.45, 2.75) is 31.2 Å². The van der Waals surface area contributed by atoms with Crippen molar-refractivity contribution in [1.82, 2.24) is 0 Å². The Labute approximate surface area is 106 Å². The van der Waals surface area contributed by atoms with Crippen LogP contribution in [0.2, 0.25) is 0 Å². The molecule has 17 heavy (non-hydrogen) atoms. The summed E-state index contributed by atoms with van der Waals surface area (Å²) in [4.78, 5) is 0. The van der Waals surface area contributed by atoms with Crippen LogP contribution < -0.4 is 5.73 Å². The molecule has 1 aliphatic rings. The molecular weight excluding hydrogens is 226 g/mol. The van der Waals surface area contributed by atoms with Crippen molar-refractivity contribution in [2.75, 3.05) is 0 Å². The normalized spacial score (nSPS) is 20.2. The summed E-state index contributed by atoms with van der Waals surface area (Å²) in [5, 5.41) is 4.34. The second kappa shape index (κ2) is 4.63. The maximum absolute atomic E-state index is 6.39. The molecule has 1 heterocycles. The van der Waals surface area contributed by atoms with Gasteiger partial charge in [-0.1, -0.05) is 24.3 Å². The molecule has 1 nitrogen and oxygen atoms in total. The maximum atomic E-state index is 6.39. The lowest BCUT2D eigenvalue weighted by Crippen LogP contribution is -2.29. The Morgan fingerprint density at radius 2 is 2.18 bits per heavy atom. The van der Waals surface area contributed by atoms with E-state index in [1.807, 2.05) is 0 Å². The van der Waals surface area contributed by atoms with Gasteiger partial charge in [0.2, 0.25) is 0 Å². The molecule has 2 N–H and O–H groups in total. The lowest BCUT2D eigenvalue weighted by Gasteiger charge is -2.19. The number of hydrogen-bond acceptors (Lipinski definition) is 2. The van der Waals surface area contributed by atoms with Crippen molar-refractivity contribution in [3.8, 4) is 0 Å². The average molecular weight is 243 g/mol. The molecule has 0 saturated heterocycles. The number of nitrogens with two attached hydrogens (primary N) is 1. The van der Waals surface area contributed by atoms with E-state index >= 15 is 0 Å². The number of fused-ring (bicyclic) bond motifs is 1. The second-order valence-corrected chi connectivity index (χ2v) is 5.62. The quantitative estimate of drug-likeness (QED) is 0.879. The van der Waals surface area contributed by atoms with Crippen LogP contribution in [0.5, 0.6) is 0 Å². The summed E-state index contributed by atoms with van der Waals surface area (Å²) >= 11 is 1.75. The molecule has 2 unspecified atom stereocenters. The first-order chi connectivity index (χ1) is 8.34. The Hall–Kier alpha value is -1.12. The molecule has 88 valence electrons. The molecule has 0 bridgehead atoms. The van der Waals surface area contributed by atoms with E-state index in [4.69, 9.17) is 5.73 Å². The van der Waals surface area contributed by atoms with E-state index in [1.54, 1.807) is 11.3 Å². The maximum Gasteiger partial charge on any atom is 0.0149 e. The van der Waals surface area contributed by atoms with Crippen LogP contribution in [0.3, 0.4) is 0 Å². The minimum atomic E-state index is 0.258. The van der Waals surface area contributed by atoms with Crippen molar-refractivity contribution >= 4 is 11.3 Å². The first-order valence-corrected chi connectivity index (χ1v) is 7.13. The Bertz CT molecular complexity index is 489. The van der Waals surface area contributed by atoms with Crippen LogP contribution in [0.1, 0.15) is 29.0 Å². The van der Waals surface area contributed by atoms with E-state index in [0.717, 1.165) is 6.42 Å². The van der Waals surface area contributed by atoms with Crippen molar-refractivity contribution < 1.29 is 0 Å². The van der Waals surface area contributed by atoms with Crippen molar-refractivity contribution in [3.05, 3.63) is 57.8 Å². The van der Waals surface area contributed by atoms with Crippen LogP contribution in [0.15, 0.2) is 41.1 Å². The number of aryl methyl sites for hydroxylation is 1. The highest BCUT2D eigenvalue weighted by atomic mass is 32.1. The van der Waals surface area contributed by atoms with Crippen molar-refractivity contribution in [2.24, 2.45) is 5.73 Å². The first kappa shape index (κ1) is 11.0. The van der Waals surface area contributed by atoms with Gasteiger partial charge in [0.1, 0.15) is 0 Å². The largest absolute Gasteiger partial charge is 0.327 e. The van der Waals surface area contributed by atoms with Gasteiger partial charge in [-0.2, -0.15) is 11.3 Å². The molecule has 0 radical (unpaired) electrons. The summed E-state index contributed by atoms with van der Waals surface area (Å²) in [6.07, 6.45) is 3.41. The van der Waals surface area contributed by atoms with Gasteiger partial charge in [-0.25, -0.2) is 0 Å². The molecule has 1 aliphatic carbocycles. The minimum absolute atomic E-state index is 0.258. The Morgan fingerprint density at radius 1 is 1.29 bits per heavy atom. The molecule has 1 aromatic heterocycles. The first-order valence-electron chi connectivity index (χ1n) is 6.19. The van der Waals surface area contributed by atoms with E-state index in [-0.39, 0.29) is 6.04 Å². The van der Waals surface area contributed by atoms with Gasteiger partial charge in [0.05, 0.1) is 0 Å². The zero-order valence-corrected chi connectivity index (χ0v) is 10.6. The standard InChI is InChI=1S/C15H17NS/c16-15(9-11-7-8-17-10-11)14-6-5-12-3-1-2-4-13(12)14/h1-4,7-8,10,14-15H,5-6,9,16H2. The third-order valence-corrected chi connectivity index (χ3v) is 4.48. The van der Waals surface area contributed by atoms with Gasteiger partial charge >= 0.3 is 0 Å². The molecule has 0 amide bonds. The average Bonchev–Trinajstić information content (AvgIpc) is 2.96. The fourth-order valence-electron chi connectivity index (χ4n) is 2.86. The van der Waals surface area contributed by atoms with Crippen LogP contribution in [0.4, 0.5) is 0 Å². The van der Waals surface area contributed by atoms with Crippen LogP contribution in [0, 0.1) is 0 Å². The van der Waals surface area contributed by atoms with Gasteiger partial charge in [-0.3, -0.25) is 0 Å². The SMILES string of the molecule is NC(Cc1ccsc1)C1CCc2ccccc21. The van der Waals surface area contributed by atoms with E-state index in [1.165, 1.54) is 29.5 Å². The highest BCUT2D eigenvalue weighted by molar-refractivity contribution is 7.07. The topological polar surface area (TPSA) is 26.0 Å². The lowest BCUT2D eigenvalue weighted by atomic mass is 9.90. The summed E-state index contributed by atoms with van der Waals surface area (Å²) in [7, 11) is 0. The molecule has 2 aromatic rings. The summed E-state index contributed by atoms with van der Waals surface area (Å²) in [6.45, 7) is 0. The van der Waals surface area contributed by atoms with Gasteiger partial charge in [0, 0.05) is 6.04 Å². The number of benzene rings is 1. The lowest BCUT2D eigenvalue weighted by molar-refractivity contribution is 0.525. The summed E-state index contributed by atoms with van der Waals surface area (Å²) in [5.41, 5.74) is 10.8. The molecule has 2 atom stereocenters. The van der Waals surface area contributed by atoms with E-state index in [9.17, 15) is 0 Å². The zero-order valence-electron chi connectivity index (χ0n) is 9.80. The Balaban J connectivity index is 1.78. The van der Waals surface area contributed by atoms with Gasteiger partial charge in [-0.15, -0.1) is 0 Å². The molecule has 0 spiro atoms. The van der Waals surface area contributed by atoms with Crippen molar-refractivity contribution in [1.29, 1.82) is 0 Å². The smallest absolute Gasteiger partial charge is 0.0149 e. The van der Waals surface area contributed by atoms with Gasteiger partial charge < -0.3 is 5.73 Å². The third kappa shape index (κ3) is 2.15. The van der Waals surface area contributed by atoms with Gasteiger partial charge in [0.15, 0.2) is 0 Å². The molecule has 0 saturated carbocycles. The molecule has 1 aromatic carbocycles. The third-order valence-electron chi connectivity index (χ3n) is 3.75. The monoisotopic (exact) mass is 243 g/mol. The summed E-state index contributed by atoms with van der Waals surface area (Å²) in [5.74, 6) is 0.547. The predicted octanol–water partition coefficient (Wildman–Crippen LogP) is 3.35.